The molecule has 0 unspecified atom stereocenters. The predicted molar refractivity (Wildman–Crippen MR) is 66.6 cm³/mol. The maximum Gasteiger partial charge on any atom is 0.274 e. The zero-order valence-corrected chi connectivity index (χ0v) is 10.9. The molecule has 0 bridgehead atoms. The minimum Gasteiger partial charge on any atom is -0.323 e. The van der Waals surface area contributed by atoms with Gasteiger partial charge in [-0.2, -0.15) is 0 Å². The summed E-state index contributed by atoms with van der Waals surface area (Å²) in [5.74, 6) is 0. The Morgan fingerprint density at radius 3 is 2.41 bits per heavy atom. The Hall–Kier alpha value is -1.19. The van der Waals surface area contributed by atoms with Crippen LogP contribution in [0.15, 0.2) is 24.3 Å². The third kappa shape index (κ3) is 3.65. The Kier molecular flexibility index (Phi) is 4.85. The summed E-state index contributed by atoms with van der Waals surface area (Å²) in [5, 5.41) is 10.8. The zero-order valence-electron chi connectivity index (χ0n) is 9.96. The van der Waals surface area contributed by atoms with Gasteiger partial charge in [-0.3, -0.25) is 14.7 Å². The number of hydrogen-bond acceptors (Lipinski definition) is 4. The van der Waals surface area contributed by atoms with Crippen LogP contribution in [0.4, 0.5) is 5.69 Å². The fraction of sp³-hybridized carbons (Fsp3) is 0.455. The highest BCUT2D eigenvalue weighted by molar-refractivity contribution is 7.58. The minimum atomic E-state index is -2.62. The summed E-state index contributed by atoms with van der Waals surface area (Å²) in [6, 6.07) is 6.34. The van der Waals surface area contributed by atoms with Crippen molar-refractivity contribution in [1.82, 2.24) is 0 Å². The molecule has 0 amide bonds. The van der Waals surface area contributed by atoms with E-state index in [4.69, 9.17) is 4.52 Å². The molecule has 0 fully saturated rings. The van der Waals surface area contributed by atoms with Gasteiger partial charge in [0.05, 0.1) is 17.1 Å². The highest BCUT2D eigenvalue weighted by Crippen LogP contribution is 2.46. The van der Waals surface area contributed by atoms with Crippen LogP contribution in [0, 0.1) is 10.1 Å². The first kappa shape index (κ1) is 13.9. The molecule has 5 nitrogen and oxygen atoms in total. The molecule has 0 N–H and O–H groups in total. The summed E-state index contributed by atoms with van der Waals surface area (Å²) >= 11 is 0. The molecule has 0 saturated heterocycles. The van der Waals surface area contributed by atoms with Gasteiger partial charge in [-0.1, -0.05) is 26.0 Å². The van der Waals surface area contributed by atoms with Crippen LogP contribution in [-0.4, -0.2) is 17.2 Å². The van der Waals surface area contributed by atoms with Gasteiger partial charge in [0.1, 0.15) is 0 Å². The Labute approximate surface area is 100 Å². The van der Waals surface area contributed by atoms with Crippen LogP contribution in [-0.2, 0) is 15.7 Å². The fourth-order valence-corrected chi connectivity index (χ4v) is 2.59. The van der Waals surface area contributed by atoms with Gasteiger partial charge in [0.25, 0.3) is 5.69 Å². The molecule has 0 radical (unpaired) electrons. The number of benzene rings is 1. The van der Waals surface area contributed by atoms with Crippen molar-refractivity contribution in [3.8, 4) is 0 Å². The maximum absolute atomic E-state index is 12.0. The summed E-state index contributed by atoms with van der Waals surface area (Å²) in [6.45, 7) is 3.61. The Bertz CT molecular complexity index is 439. The summed E-state index contributed by atoms with van der Waals surface area (Å²) in [4.78, 5) is 10.3. The highest BCUT2D eigenvalue weighted by Gasteiger charge is 2.20. The van der Waals surface area contributed by atoms with Crippen molar-refractivity contribution in [2.24, 2.45) is 0 Å². The number of nitro benzene ring substituents is 1. The van der Waals surface area contributed by atoms with Gasteiger partial charge in [-0.15, -0.1) is 0 Å². The molecule has 1 aromatic rings. The van der Waals surface area contributed by atoms with Crippen molar-refractivity contribution in [2.45, 2.75) is 20.5 Å². The van der Waals surface area contributed by atoms with Crippen LogP contribution in [0.2, 0.25) is 0 Å². The fourth-order valence-electron chi connectivity index (χ4n) is 1.40. The molecular formula is C11H16NO4P. The Morgan fingerprint density at radius 2 is 1.88 bits per heavy atom. The van der Waals surface area contributed by atoms with E-state index in [1.807, 2.05) is 0 Å². The Morgan fingerprint density at radius 1 is 1.29 bits per heavy atom. The lowest BCUT2D eigenvalue weighted by Gasteiger charge is -2.14. The second-order valence-corrected chi connectivity index (χ2v) is 6.76. The van der Waals surface area contributed by atoms with Crippen molar-refractivity contribution in [3.05, 3.63) is 39.9 Å². The first-order valence-corrected chi connectivity index (χ1v) is 7.47. The molecule has 0 saturated carbocycles. The molecule has 17 heavy (non-hydrogen) atoms. The Balaban J connectivity index is 2.83. The predicted octanol–water partition coefficient (Wildman–Crippen LogP) is 3.43. The standard InChI is InChI=1S/C11H16NO4P/c1-3-17(15,4-2)16-9-10-7-5-6-8-11(10)12(13)14/h5-8H,3-4,9H2,1-2H3. The lowest BCUT2D eigenvalue weighted by molar-refractivity contribution is -0.385. The normalized spacial score (nSPS) is 11.4. The zero-order chi connectivity index (χ0) is 12.9. The molecular weight excluding hydrogens is 241 g/mol. The molecule has 0 aliphatic rings. The van der Waals surface area contributed by atoms with Crippen LogP contribution in [0.3, 0.4) is 0 Å². The molecule has 0 aromatic heterocycles. The summed E-state index contributed by atoms with van der Waals surface area (Å²) in [7, 11) is -2.62. The number of nitro groups is 1. The van der Waals surface area contributed by atoms with Gasteiger partial charge in [0.15, 0.2) is 0 Å². The van der Waals surface area contributed by atoms with E-state index in [0.29, 0.717) is 17.9 Å². The largest absolute Gasteiger partial charge is 0.323 e. The second kappa shape index (κ2) is 5.94. The van der Waals surface area contributed by atoms with E-state index < -0.39 is 12.3 Å². The third-order valence-corrected chi connectivity index (χ3v) is 5.13. The molecule has 0 atom stereocenters. The summed E-state index contributed by atoms with van der Waals surface area (Å²) < 4.78 is 17.4. The molecule has 6 heteroatoms. The maximum atomic E-state index is 12.0. The SMILES string of the molecule is CCP(=O)(CC)OCc1ccccc1[N+](=O)[O-]. The topological polar surface area (TPSA) is 69.4 Å². The van der Waals surface area contributed by atoms with E-state index in [1.54, 1.807) is 32.0 Å². The monoisotopic (exact) mass is 257 g/mol. The van der Waals surface area contributed by atoms with E-state index in [2.05, 4.69) is 0 Å². The smallest absolute Gasteiger partial charge is 0.274 e. The summed E-state index contributed by atoms with van der Waals surface area (Å²) in [6.07, 6.45) is 0.897. The summed E-state index contributed by atoms with van der Waals surface area (Å²) in [5.41, 5.74) is 0.464. The quantitative estimate of drug-likeness (QED) is 0.444. The molecule has 1 aromatic carbocycles. The average Bonchev–Trinajstić information content (AvgIpc) is 2.36. The lowest BCUT2D eigenvalue weighted by atomic mass is 10.2. The molecule has 1 rings (SSSR count). The van der Waals surface area contributed by atoms with Gasteiger partial charge >= 0.3 is 0 Å². The number of rotatable bonds is 6. The van der Waals surface area contributed by atoms with Crippen molar-refractivity contribution >= 4 is 13.1 Å². The lowest BCUT2D eigenvalue weighted by Crippen LogP contribution is -2.00. The number of para-hydroxylation sites is 1. The number of nitrogens with zero attached hydrogens (tertiary/aromatic N) is 1. The minimum absolute atomic E-state index is 0.00579. The van der Waals surface area contributed by atoms with Crippen molar-refractivity contribution in [3.63, 3.8) is 0 Å². The van der Waals surface area contributed by atoms with Crippen molar-refractivity contribution in [2.75, 3.05) is 12.3 Å². The van der Waals surface area contributed by atoms with Gasteiger partial charge in [0, 0.05) is 18.4 Å². The second-order valence-electron chi connectivity index (χ2n) is 3.61. The van der Waals surface area contributed by atoms with Crippen LogP contribution in [0.5, 0.6) is 0 Å². The van der Waals surface area contributed by atoms with E-state index in [0.717, 1.165) is 0 Å². The van der Waals surface area contributed by atoms with Crippen LogP contribution in [0.25, 0.3) is 0 Å². The van der Waals surface area contributed by atoms with Gasteiger partial charge in [-0.05, 0) is 6.07 Å². The molecule has 94 valence electrons. The van der Waals surface area contributed by atoms with E-state index >= 15 is 0 Å². The number of hydrogen-bond donors (Lipinski definition) is 0. The van der Waals surface area contributed by atoms with Crippen LogP contribution >= 0.6 is 7.37 Å². The van der Waals surface area contributed by atoms with Crippen molar-refractivity contribution in [1.29, 1.82) is 0 Å². The molecule has 0 aliphatic carbocycles. The first-order chi connectivity index (χ1) is 8.02. The molecule has 0 aliphatic heterocycles. The third-order valence-electron chi connectivity index (χ3n) is 2.61. The van der Waals surface area contributed by atoms with E-state index in [1.165, 1.54) is 6.07 Å². The van der Waals surface area contributed by atoms with Gasteiger partial charge in [0.2, 0.25) is 7.37 Å². The average molecular weight is 257 g/mol. The van der Waals surface area contributed by atoms with E-state index in [-0.39, 0.29) is 12.3 Å². The van der Waals surface area contributed by atoms with Gasteiger partial charge in [-0.25, -0.2) is 0 Å². The van der Waals surface area contributed by atoms with Crippen molar-refractivity contribution < 1.29 is 14.0 Å². The van der Waals surface area contributed by atoms with E-state index in [9.17, 15) is 14.7 Å². The van der Waals surface area contributed by atoms with Crippen LogP contribution in [0.1, 0.15) is 19.4 Å². The first-order valence-electron chi connectivity index (χ1n) is 5.47. The van der Waals surface area contributed by atoms with Crippen LogP contribution < -0.4 is 0 Å². The highest BCUT2D eigenvalue weighted by atomic mass is 31.2. The molecule has 0 heterocycles. The van der Waals surface area contributed by atoms with Gasteiger partial charge < -0.3 is 4.52 Å². The molecule has 0 spiro atoms.